The molecule has 0 spiro atoms. The van der Waals surface area contributed by atoms with Gasteiger partial charge in [0.1, 0.15) is 5.75 Å². The minimum Gasteiger partial charge on any atom is -0.497 e. The molecule has 0 saturated heterocycles. The molecule has 0 radical (unpaired) electrons. The van der Waals surface area contributed by atoms with Gasteiger partial charge in [0.05, 0.1) is 25.5 Å². The molecule has 1 N–H and O–H groups in total. The number of nitrogens with one attached hydrogen (secondary N) is 1. The Balaban J connectivity index is 2.03. The quantitative estimate of drug-likeness (QED) is 0.910. The monoisotopic (exact) mass is 273 g/mol. The molecular weight excluding hydrogens is 254 g/mol. The van der Waals surface area contributed by atoms with Crippen molar-refractivity contribution in [2.45, 2.75) is 20.4 Å². The van der Waals surface area contributed by atoms with Gasteiger partial charge in [0.15, 0.2) is 0 Å². The van der Waals surface area contributed by atoms with Crippen LogP contribution in [0.15, 0.2) is 36.7 Å². The summed E-state index contributed by atoms with van der Waals surface area (Å²) < 4.78 is 6.97. The fourth-order valence-electron chi connectivity index (χ4n) is 1.76. The van der Waals surface area contributed by atoms with E-state index in [1.54, 1.807) is 18.0 Å². The fourth-order valence-corrected chi connectivity index (χ4v) is 1.76. The fraction of sp³-hybridized carbons (Fsp3) is 0.333. The zero-order chi connectivity index (χ0) is 14.5. The zero-order valence-electron chi connectivity index (χ0n) is 12.0. The van der Waals surface area contributed by atoms with Crippen LogP contribution >= 0.6 is 0 Å². The van der Waals surface area contributed by atoms with E-state index in [0.717, 1.165) is 11.3 Å². The molecule has 20 heavy (non-hydrogen) atoms. The molecule has 1 heterocycles. The summed E-state index contributed by atoms with van der Waals surface area (Å²) in [5.74, 6) is 0.769. The van der Waals surface area contributed by atoms with Gasteiger partial charge in [-0.15, -0.1) is 0 Å². The van der Waals surface area contributed by atoms with Crippen molar-refractivity contribution in [2.75, 3.05) is 12.4 Å². The molecule has 2 aromatic rings. The summed E-state index contributed by atoms with van der Waals surface area (Å²) >= 11 is 0. The highest BCUT2D eigenvalue weighted by molar-refractivity contribution is 5.91. The third-order valence-corrected chi connectivity index (χ3v) is 2.90. The van der Waals surface area contributed by atoms with E-state index in [-0.39, 0.29) is 11.8 Å². The van der Waals surface area contributed by atoms with Gasteiger partial charge >= 0.3 is 0 Å². The third kappa shape index (κ3) is 3.60. The number of ether oxygens (including phenoxy) is 1. The van der Waals surface area contributed by atoms with Crippen molar-refractivity contribution in [3.63, 3.8) is 0 Å². The molecule has 2 rings (SSSR count). The lowest BCUT2D eigenvalue weighted by molar-refractivity contribution is -0.118. The molecule has 0 aliphatic rings. The summed E-state index contributed by atoms with van der Waals surface area (Å²) in [4.78, 5) is 11.6. The second kappa shape index (κ2) is 6.23. The van der Waals surface area contributed by atoms with E-state index in [4.69, 9.17) is 4.74 Å². The summed E-state index contributed by atoms with van der Waals surface area (Å²) in [6, 6.07) is 7.82. The van der Waals surface area contributed by atoms with Crippen LogP contribution in [0.4, 0.5) is 5.69 Å². The Labute approximate surface area is 118 Å². The van der Waals surface area contributed by atoms with Crippen molar-refractivity contribution < 1.29 is 9.53 Å². The predicted molar refractivity (Wildman–Crippen MR) is 77.8 cm³/mol. The van der Waals surface area contributed by atoms with Crippen molar-refractivity contribution >= 4 is 11.6 Å². The number of carbonyl (C=O) groups excluding carboxylic acids is 1. The standard InChI is InChI=1S/C15H19N3O2/c1-11(2)15(19)17-13-8-16-18(10-13)9-12-5-4-6-14(7-12)20-3/h4-8,10-11H,9H2,1-3H3,(H,17,19). The van der Waals surface area contributed by atoms with Crippen molar-refractivity contribution in [3.8, 4) is 5.75 Å². The summed E-state index contributed by atoms with van der Waals surface area (Å²) in [6.45, 7) is 4.35. The van der Waals surface area contributed by atoms with E-state index >= 15 is 0 Å². The molecule has 0 bridgehead atoms. The van der Waals surface area contributed by atoms with Crippen LogP contribution < -0.4 is 10.1 Å². The van der Waals surface area contributed by atoms with Gasteiger partial charge in [-0.05, 0) is 17.7 Å². The van der Waals surface area contributed by atoms with Crippen LogP contribution in [0.25, 0.3) is 0 Å². The zero-order valence-corrected chi connectivity index (χ0v) is 12.0. The SMILES string of the molecule is COc1cccc(Cn2cc(NC(=O)C(C)C)cn2)c1. The van der Waals surface area contributed by atoms with Crippen molar-refractivity contribution in [1.82, 2.24) is 9.78 Å². The minimum atomic E-state index is -0.0447. The summed E-state index contributed by atoms with van der Waals surface area (Å²) in [5, 5.41) is 7.06. The first-order valence-corrected chi connectivity index (χ1v) is 6.54. The Morgan fingerprint density at radius 2 is 2.25 bits per heavy atom. The molecule has 1 aromatic carbocycles. The Morgan fingerprint density at radius 3 is 2.95 bits per heavy atom. The first-order chi connectivity index (χ1) is 9.58. The van der Waals surface area contributed by atoms with Gasteiger partial charge in [-0.25, -0.2) is 0 Å². The van der Waals surface area contributed by atoms with Crippen LogP contribution in [0, 0.1) is 5.92 Å². The van der Waals surface area contributed by atoms with Crippen LogP contribution in [-0.2, 0) is 11.3 Å². The maximum Gasteiger partial charge on any atom is 0.227 e. The molecule has 5 heteroatoms. The van der Waals surface area contributed by atoms with Gasteiger partial charge < -0.3 is 10.1 Å². The molecular formula is C15H19N3O2. The number of amides is 1. The average molecular weight is 273 g/mol. The number of aromatic nitrogens is 2. The topological polar surface area (TPSA) is 56.1 Å². The van der Waals surface area contributed by atoms with E-state index in [1.165, 1.54) is 0 Å². The summed E-state index contributed by atoms with van der Waals surface area (Å²) in [5.41, 5.74) is 1.81. The molecule has 5 nitrogen and oxygen atoms in total. The van der Waals surface area contributed by atoms with Gasteiger partial charge in [-0.3, -0.25) is 9.48 Å². The first kappa shape index (κ1) is 14.1. The summed E-state index contributed by atoms with van der Waals surface area (Å²) in [6.07, 6.45) is 3.47. The second-order valence-corrected chi connectivity index (χ2v) is 4.92. The molecule has 1 amide bonds. The van der Waals surface area contributed by atoms with Crippen LogP contribution in [0.2, 0.25) is 0 Å². The minimum absolute atomic E-state index is 0.00840. The Bertz CT molecular complexity index is 590. The van der Waals surface area contributed by atoms with E-state index in [1.807, 2.05) is 44.3 Å². The molecule has 0 atom stereocenters. The number of nitrogens with zero attached hydrogens (tertiary/aromatic N) is 2. The number of hydrogen-bond donors (Lipinski definition) is 1. The molecule has 0 aliphatic heterocycles. The number of rotatable bonds is 5. The highest BCUT2D eigenvalue weighted by atomic mass is 16.5. The van der Waals surface area contributed by atoms with Gasteiger partial charge in [0.25, 0.3) is 0 Å². The lowest BCUT2D eigenvalue weighted by Gasteiger charge is -2.05. The molecule has 106 valence electrons. The predicted octanol–water partition coefficient (Wildman–Crippen LogP) is 2.53. The maximum atomic E-state index is 11.6. The number of anilines is 1. The molecule has 0 fully saturated rings. The van der Waals surface area contributed by atoms with E-state index in [0.29, 0.717) is 12.2 Å². The van der Waals surface area contributed by atoms with Crippen LogP contribution in [0.3, 0.4) is 0 Å². The van der Waals surface area contributed by atoms with Crippen molar-refractivity contribution in [1.29, 1.82) is 0 Å². The maximum absolute atomic E-state index is 11.6. The molecule has 0 unspecified atom stereocenters. The molecule has 0 saturated carbocycles. The lowest BCUT2D eigenvalue weighted by Crippen LogP contribution is -2.17. The van der Waals surface area contributed by atoms with Gasteiger partial charge in [0, 0.05) is 12.1 Å². The Kier molecular flexibility index (Phi) is 4.40. The number of methoxy groups -OCH3 is 1. The smallest absolute Gasteiger partial charge is 0.227 e. The number of benzene rings is 1. The number of hydrogen-bond acceptors (Lipinski definition) is 3. The van der Waals surface area contributed by atoms with Crippen molar-refractivity contribution in [3.05, 3.63) is 42.2 Å². The number of carbonyl (C=O) groups is 1. The summed E-state index contributed by atoms with van der Waals surface area (Å²) in [7, 11) is 1.65. The third-order valence-electron chi connectivity index (χ3n) is 2.90. The highest BCUT2D eigenvalue weighted by Crippen LogP contribution is 2.14. The highest BCUT2D eigenvalue weighted by Gasteiger charge is 2.08. The van der Waals surface area contributed by atoms with E-state index < -0.39 is 0 Å². The van der Waals surface area contributed by atoms with Gasteiger partial charge in [-0.1, -0.05) is 26.0 Å². The first-order valence-electron chi connectivity index (χ1n) is 6.54. The Hall–Kier alpha value is -2.30. The largest absolute Gasteiger partial charge is 0.497 e. The van der Waals surface area contributed by atoms with Gasteiger partial charge in [0.2, 0.25) is 5.91 Å². The van der Waals surface area contributed by atoms with Crippen LogP contribution in [-0.4, -0.2) is 22.8 Å². The average Bonchev–Trinajstić information content (AvgIpc) is 2.86. The normalized spacial score (nSPS) is 10.6. The van der Waals surface area contributed by atoms with E-state index in [2.05, 4.69) is 10.4 Å². The second-order valence-electron chi connectivity index (χ2n) is 4.92. The van der Waals surface area contributed by atoms with Crippen LogP contribution in [0.1, 0.15) is 19.4 Å². The molecule has 0 aliphatic carbocycles. The Morgan fingerprint density at radius 1 is 1.45 bits per heavy atom. The van der Waals surface area contributed by atoms with Gasteiger partial charge in [-0.2, -0.15) is 5.10 Å². The van der Waals surface area contributed by atoms with Crippen LogP contribution in [0.5, 0.6) is 5.75 Å². The van der Waals surface area contributed by atoms with E-state index in [9.17, 15) is 4.79 Å². The molecule has 1 aromatic heterocycles. The lowest BCUT2D eigenvalue weighted by atomic mass is 10.2. The van der Waals surface area contributed by atoms with Crippen molar-refractivity contribution in [2.24, 2.45) is 5.92 Å².